The van der Waals surface area contributed by atoms with Crippen LogP contribution in [-0.4, -0.2) is 17.3 Å². The van der Waals surface area contributed by atoms with Crippen LogP contribution >= 0.6 is 34.4 Å². The quantitative estimate of drug-likeness (QED) is 0.890. The van der Waals surface area contributed by atoms with Crippen LogP contribution < -0.4 is 10.6 Å². The van der Waals surface area contributed by atoms with E-state index in [1.165, 1.54) is 11.3 Å². The van der Waals surface area contributed by atoms with E-state index < -0.39 is 0 Å². The van der Waals surface area contributed by atoms with Crippen LogP contribution in [-0.2, 0) is 12.3 Å². The number of hydrogen-bond donors (Lipinski definition) is 2. The first kappa shape index (κ1) is 13.4. The van der Waals surface area contributed by atoms with Crippen molar-refractivity contribution in [3.63, 3.8) is 0 Å². The molecule has 0 aromatic carbocycles. The minimum Gasteiger partial charge on any atom is -0.333 e. The highest BCUT2D eigenvalue weighted by atomic mass is 32.2. The predicted octanol–water partition coefficient (Wildman–Crippen LogP) is 3.39. The number of thioether (sulfide) groups is 1. The van der Waals surface area contributed by atoms with Gasteiger partial charge in [0.2, 0.25) is 0 Å². The summed E-state index contributed by atoms with van der Waals surface area (Å²) < 4.78 is 0. The molecule has 2 N–H and O–H groups in total. The van der Waals surface area contributed by atoms with Crippen molar-refractivity contribution in [1.29, 1.82) is 0 Å². The molecule has 0 atom stereocenters. The molecule has 18 heavy (non-hydrogen) atoms. The van der Waals surface area contributed by atoms with Crippen molar-refractivity contribution in [2.24, 2.45) is 0 Å². The smallest absolute Gasteiger partial charge is 0.321 e. The van der Waals surface area contributed by atoms with Gasteiger partial charge in [-0.1, -0.05) is 6.07 Å². The van der Waals surface area contributed by atoms with Gasteiger partial charge in [-0.25, -0.2) is 9.78 Å². The average molecular weight is 299 g/mol. The molecule has 0 spiro atoms. The van der Waals surface area contributed by atoms with Crippen LogP contribution in [0.5, 0.6) is 0 Å². The summed E-state index contributed by atoms with van der Waals surface area (Å²) in [6.07, 6.45) is 2.03. The van der Waals surface area contributed by atoms with Gasteiger partial charge in [-0.2, -0.15) is 11.8 Å². The van der Waals surface area contributed by atoms with Gasteiger partial charge in [0.1, 0.15) is 0 Å². The summed E-state index contributed by atoms with van der Waals surface area (Å²) in [6.45, 7) is 0.548. The molecule has 0 radical (unpaired) electrons. The normalized spacial score (nSPS) is 10.3. The Balaban J connectivity index is 1.79. The summed E-state index contributed by atoms with van der Waals surface area (Å²) in [5.41, 5.74) is 1.00. The molecule has 2 aromatic rings. The summed E-state index contributed by atoms with van der Waals surface area (Å²) in [4.78, 5) is 17.1. The zero-order chi connectivity index (χ0) is 12.8. The Bertz CT molecular complexity index is 495. The molecule has 2 heterocycles. The van der Waals surface area contributed by atoms with Gasteiger partial charge in [0.25, 0.3) is 0 Å². The fourth-order valence-corrected chi connectivity index (χ4v) is 3.20. The van der Waals surface area contributed by atoms with Crippen LogP contribution in [0, 0.1) is 0 Å². The van der Waals surface area contributed by atoms with Gasteiger partial charge in [0.05, 0.1) is 12.2 Å². The third-order valence-corrected chi connectivity index (χ3v) is 4.34. The molecule has 4 nitrogen and oxygen atoms in total. The number of carbonyl (C=O) groups excluding carboxylic acids is 1. The molecule has 96 valence electrons. The molecule has 2 rings (SSSR count). The number of carbonyl (C=O) groups is 1. The van der Waals surface area contributed by atoms with E-state index in [1.807, 2.05) is 29.1 Å². The van der Waals surface area contributed by atoms with Crippen molar-refractivity contribution < 1.29 is 4.79 Å². The first-order valence-electron chi connectivity index (χ1n) is 5.28. The number of rotatable bonds is 5. The highest BCUT2D eigenvalue weighted by molar-refractivity contribution is 7.97. The van der Waals surface area contributed by atoms with Crippen molar-refractivity contribution in [1.82, 2.24) is 10.3 Å². The number of urea groups is 1. The topological polar surface area (TPSA) is 54.0 Å². The summed E-state index contributed by atoms with van der Waals surface area (Å²) in [5, 5.41) is 10.1. The number of nitrogens with one attached hydrogen (secondary N) is 2. The van der Waals surface area contributed by atoms with Gasteiger partial charge >= 0.3 is 6.03 Å². The highest BCUT2D eigenvalue weighted by Crippen LogP contribution is 2.18. The number of thiazole rings is 1. The van der Waals surface area contributed by atoms with Gasteiger partial charge in [-0.05, 0) is 17.7 Å². The summed E-state index contributed by atoms with van der Waals surface area (Å²) in [5.74, 6) is 0.870. The van der Waals surface area contributed by atoms with Crippen LogP contribution in [0.25, 0.3) is 0 Å². The van der Waals surface area contributed by atoms with Crippen LogP contribution in [0.3, 0.4) is 0 Å². The maximum absolute atomic E-state index is 11.6. The van der Waals surface area contributed by atoms with E-state index in [1.54, 1.807) is 23.1 Å². The van der Waals surface area contributed by atoms with E-state index in [4.69, 9.17) is 0 Å². The lowest BCUT2D eigenvalue weighted by atomic mass is 10.5. The first-order chi connectivity index (χ1) is 8.78. The molecule has 0 unspecified atom stereocenters. The van der Waals surface area contributed by atoms with E-state index >= 15 is 0 Å². The number of amides is 2. The number of thiophene rings is 1. The second-order valence-corrected chi connectivity index (χ2v) is 6.22. The molecule has 0 saturated carbocycles. The number of nitrogens with zero attached hydrogens (tertiary/aromatic N) is 1. The van der Waals surface area contributed by atoms with E-state index in [-0.39, 0.29) is 6.03 Å². The first-order valence-corrected chi connectivity index (χ1v) is 8.44. The molecular weight excluding hydrogens is 286 g/mol. The third kappa shape index (κ3) is 4.01. The Kier molecular flexibility index (Phi) is 5.03. The molecular formula is C11H13N3OS3. The molecule has 0 aliphatic rings. The van der Waals surface area contributed by atoms with Crippen LogP contribution in [0.15, 0.2) is 22.9 Å². The maximum atomic E-state index is 11.6. The zero-order valence-electron chi connectivity index (χ0n) is 9.80. The van der Waals surface area contributed by atoms with E-state index in [0.717, 1.165) is 16.3 Å². The van der Waals surface area contributed by atoms with Crippen LogP contribution in [0.2, 0.25) is 0 Å². The SMILES string of the molecule is CSCc1csc(NC(=O)NCc2cccs2)n1. The summed E-state index contributed by atoms with van der Waals surface area (Å²) in [7, 11) is 0. The standard InChI is InChI=1S/C11H13N3OS3/c1-16-6-8-7-18-11(13-8)14-10(15)12-5-9-3-2-4-17-9/h2-4,7H,5-6H2,1H3,(H2,12,13,14,15). The molecule has 0 bridgehead atoms. The fourth-order valence-electron chi connectivity index (χ4n) is 1.30. The van der Waals surface area contributed by atoms with E-state index in [9.17, 15) is 4.79 Å². The molecule has 0 fully saturated rings. The number of aromatic nitrogens is 1. The minimum absolute atomic E-state index is 0.214. The zero-order valence-corrected chi connectivity index (χ0v) is 12.3. The molecule has 2 aromatic heterocycles. The number of hydrogen-bond acceptors (Lipinski definition) is 5. The Hall–Kier alpha value is -1.05. The Morgan fingerprint density at radius 1 is 1.50 bits per heavy atom. The van der Waals surface area contributed by atoms with Gasteiger partial charge in [0, 0.05) is 16.0 Å². The lowest BCUT2D eigenvalue weighted by molar-refractivity contribution is 0.252. The molecule has 0 saturated heterocycles. The van der Waals surface area contributed by atoms with Crippen molar-refractivity contribution in [3.05, 3.63) is 33.5 Å². The molecule has 0 aliphatic carbocycles. The molecule has 0 aliphatic heterocycles. The Labute approximate surface area is 118 Å². The second-order valence-electron chi connectivity index (χ2n) is 3.46. The number of anilines is 1. The largest absolute Gasteiger partial charge is 0.333 e. The monoisotopic (exact) mass is 299 g/mol. The van der Waals surface area contributed by atoms with Crippen molar-refractivity contribution in [2.75, 3.05) is 11.6 Å². The lowest BCUT2D eigenvalue weighted by Crippen LogP contribution is -2.27. The molecule has 7 heteroatoms. The van der Waals surface area contributed by atoms with Gasteiger partial charge in [-0.15, -0.1) is 22.7 Å². The maximum Gasteiger partial charge on any atom is 0.321 e. The molecule has 2 amide bonds. The van der Waals surface area contributed by atoms with Gasteiger partial charge in [0.15, 0.2) is 5.13 Å². The third-order valence-electron chi connectivity index (χ3n) is 2.07. The highest BCUT2D eigenvalue weighted by Gasteiger charge is 2.06. The lowest BCUT2D eigenvalue weighted by Gasteiger charge is -2.03. The Morgan fingerprint density at radius 2 is 2.39 bits per heavy atom. The second kappa shape index (κ2) is 6.77. The van der Waals surface area contributed by atoms with E-state index in [0.29, 0.717) is 11.7 Å². The fraction of sp³-hybridized carbons (Fsp3) is 0.273. The minimum atomic E-state index is -0.214. The summed E-state index contributed by atoms with van der Waals surface area (Å²) >= 11 is 4.78. The van der Waals surface area contributed by atoms with Crippen molar-refractivity contribution >= 4 is 45.6 Å². The van der Waals surface area contributed by atoms with Gasteiger partial charge in [-0.3, -0.25) is 5.32 Å². The predicted molar refractivity (Wildman–Crippen MR) is 79.5 cm³/mol. The van der Waals surface area contributed by atoms with E-state index in [2.05, 4.69) is 15.6 Å². The van der Waals surface area contributed by atoms with Crippen molar-refractivity contribution in [2.45, 2.75) is 12.3 Å². The Morgan fingerprint density at radius 3 is 3.11 bits per heavy atom. The van der Waals surface area contributed by atoms with Crippen LogP contribution in [0.4, 0.5) is 9.93 Å². The van der Waals surface area contributed by atoms with Gasteiger partial charge < -0.3 is 5.32 Å². The van der Waals surface area contributed by atoms with Crippen molar-refractivity contribution in [3.8, 4) is 0 Å². The average Bonchev–Trinajstić information content (AvgIpc) is 2.99. The summed E-state index contributed by atoms with van der Waals surface area (Å²) in [6, 6.07) is 3.74. The van der Waals surface area contributed by atoms with Crippen LogP contribution in [0.1, 0.15) is 10.6 Å².